The molecule has 0 aliphatic carbocycles. The highest BCUT2D eigenvalue weighted by molar-refractivity contribution is 7.99. The monoisotopic (exact) mass is 270 g/mol. The maximum atomic E-state index is 5.45. The van der Waals surface area contributed by atoms with Crippen molar-refractivity contribution >= 4 is 17.7 Å². The molecule has 0 saturated heterocycles. The molecule has 0 fully saturated rings. The van der Waals surface area contributed by atoms with Crippen LogP contribution >= 0.6 is 11.8 Å². The Bertz CT molecular complexity index is 349. The van der Waals surface area contributed by atoms with Gasteiger partial charge in [0.15, 0.2) is 5.16 Å². The van der Waals surface area contributed by atoms with E-state index < -0.39 is 0 Å². The average Bonchev–Trinajstić information content (AvgIpc) is 2.41. The molecule has 0 amide bonds. The van der Waals surface area contributed by atoms with Gasteiger partial charge in [0.05, 0.1) is 6.61 Å². The summed E-state index contributed by atoms with van der Waals surface area (Å²) in [6, 6.07) is 0.411. The minimum absolute atomic E-state index is 0.411. The van der Waals surface area contributed by atoms with Gasteiger partial charge in [0.25, 0.3) is 0 Å². The largest absolute Gasteiger partial charge is 0.463 e. The first-order valence-corrected chi connectivity index (χ1v) is 7.48. The highest BCUT2D eigenvalue weighted by Gasteiger charge is 2.06. The zero-order chi connectivity index (χ0) is 13.2. The van der Waals surface area contributed by atoms with E-state index >= 15 is 0 Å². The van der Waals surface area contributed by atoms with Gasteiger partial charge in [-0.2, -0.15) is 15.0 Å². The molecule has 0 atom stereocenters. The Morgan fingerprint density at radius 3 is 2.61 bits per heavy atom. The number of unbranched alkanes of at least 4 members (excludes halogenated alkanes) is 2. The molecule has 0 aliphatic rings. The number of rotatable bonds is 9. The van der Waals surface area contributed by atoms with Crippen molar-refractivity contribution in [1.82, 2.24) is 15.0 Å². The lowest BCUT2D eigenvalue weighted by atomic mass is 10.3. The summed E-state index contributed by atoms with van der Waals surface area (Å²) in [7, 11) is 1.80. The zero-order valence-corrected chi connectivity index (χ0v) is 12.2. The molecule has 18 heavy (non-hydrogen) atoms. The molecular weight excluding hydrogens is 248 g/mol. The fraction of sp³-hybridized carbons (Fsp3) is 0.750. The lowest BCUT2D eigenvalue weighted by Gasteiger charge is -2.06. The summed E-state index contributed by atoms with van der Waals surface area (Å²) < 4.78 is 5.45. The molecule has 1 rings (SSSR count). The lowest BCUT2D eigenvalue weighted by Crippen LogP contribution is -2.05. The normalized spacial score (nSPS) is 10.4. The summed E-state index contributed by atoms with van der Waals surface area (Å²) in [5, 5.41) is 3.66. The third-order valence-corrected chi connectivity index (χ3v) is 3.17. The Kier molecular flexibility index (Phi) is 7.48. The average molecular weight is 270 g/mol. The van der Waals surface area contributed by atoms with Crippen molar-refractivity contribution in [2.24, 2.45) is 0 Å². The standard InChI is InChI=1S/C12H22N4OS/c1-4-6-7-9-18-12-15-10(13-3)14-11(16-12)17-8-5-2/h4-9H2,1-3H3,(H,13,14,15,16). The molecule has 6 heteroatoms. The number of ether oxygens (including phenoxy) is 1. The van der Waals surface area contributed by atoms with Crippen LogP contribution in [0.15, 0.2) is 5.16 Å². The number of nitrogens with one attached hydrogen (secondary N) is 1. The van der Waals surface area contributed by atoms with E-state index in [0.717, 1.165) is 17.3 Å². The summed E-state index contributed by atoms with van der Waals surface area (Å²) >= 11 is 1.66. The molecule has 0 unspecified atom stereocenters. The van der Waals surface area contributed by atoms with Crippen molar-refractivity contribution in [3.05, 3.63) is 0 Å². The summed E-state index contributed by atoms with van der Waals surface area (Å²) in [6.45, 7) is 4.89. The van der Waals surface area contributed by atoms with E-state index in [2.05, 4.69) is 34.1 Å². The highest BCUT2D eigenvalue weighted by Crippen LogP contribution is 2.19. The van der Waals surface area contributed by atoms with Crippen LogP contribution in [-0.2, 0) is 0 Å². The van der Waals surface area contributed by atoms with Gasteiger partial charge in [0, 0.05) is 12.8 Å². The lowest BCUT2D eigenvalue weighted by molar-refractivity contribution is 0.288. The molecule has 102 valence electrons. The van der Waals surface area contributed by atoms with E-state index in [1.165, 1.54) is 19.3 Å². The fourth-order valence-corrected chi connectivity index (χ4v) is 2.11. The van der Waals surface area contributed by atoms with Crippen molar-refractivity contribution in [1.29, 1.82) is 0 Å². The van der Waals surface area contributed by atoms with Crippen molar-refractivity contribution in [3.63, 3.8) is 0 Å². The number of thioether (sulfide) groups is 1. The van der Waals surface area contributed by atoms with Crippen LogP contribution in [0.2, 0.25) is 0 Å². The molecule has 1 heterocycles. The van der Waals surface area contributed by atoms with Crippen molar-refractivity contribution < 1.29 is 4.74 Å². The Balaban J connectivity index is 2.58. The molecule has 0 saturated carbocycles. The Morgan fingerprint density at radius 1 is 1.11 bits per heavy atom. The number of aromatic nitrogens is 3. The molecule has 0 radical (unpaired) electrons. The molecule has 0 spiro atoms. The Labute approximate surface area is 113 Å². The quantitative estimate of drug-likeness (QED) is 0.550. The van der Waals surface area contributed by atoms with Gasteiger partial charge in [-0.3, -0.25) is 0 Å². The predicted molar refractivity (Wildman–Crippen MR) is 75.4 cm³/mol. The van der Waals surface area contributed by atoms with Crippen LogP contribution in [0.4, 0.5) is 5.95 Å². The van der Waals surface area contributed by atoms with Crippen LogP contribution in [0.3, 0.4) is 0 Å². The topological polar surface area (TPSA) is 59.9 Å². The van der Waals surface area contributed by atoms with Crippen LogP contribution in [0.25, 0.3) is 0 Å². The third-order valence-electron chi connectivity index (χ3n) is 2.23. The van der Waals surface area contributed by atoms with Gasteiger partial charge in [-0.05, 0) is 12.8 Å². The van der Waals surface area contributed by atoms with Gasteiger partial charge in [0.2, 0.25) is 5.95 Å². The maximum Gasteiger partial charge on any atom is 0.322 e. The van der Waals surface area contributed by atoms with E-state index in [-0.39, 0.29) is 0 Å². The smallest absolute Gasteiger partial charge is 0.322 e. The van der Waals surface area contributed by atoms with E-state index in [9.17, 15) is 0 Å². The minimum Gasteiger partial charge on any atom is -0.463 e. The molecular formula is C12H22N4OS. The van der Waals surface area contributed by atoms with E-state index in [0.29, 0.717) is 18.6 Å². The first-order valence-electron chi connectivity index (χ1n) is 6.49. The van der Waals surface area contributed by atoms with Crippen LogP contribution in [-0.4, -0.2) is 34.4 Å². The van der Waals surface area contributed by atoms with Gasteiger partial charge in [-0.15, -0.1) is 0 Å². The molecule has 1 aromatic heterocycles. The molecule has 1 aromatic rings. The summed E-state index contributed by atoms with van der Waals surface area (Å²) in [5.74, 6) is 1.60. The van der Waals surface area contributed by atoms with Crippen LogP contribution < -0.4 is 10.1 Å². The Hall–Kier alpha value is -1.04. The highest BCUT2D eigenvalue weighted by atomic mass is 32.2. The molecule has 1 N–H and O–H groups in total. The second-order valence-corrected chi connectivity index (χ2v) is 4.94. The number of nitrogens with zero attached hydrogens (tertiary/aromatic N) is 3. The summed E-state index contributed by atoms with van der Waals surface area (Å²) in [6.07, 6.45) is 4.60. The van der Waals surface area contributed by atoms with Crippen LogP contribution in [0, 0.1) is 0 Å². The van der Waals surface area contributed by atoms with Crippen LogP contribution in [0.5, 0.6) is 6.01 Å². The Morgan fingerprint density at radius 2 is 1.94 bits per heavy atom. The summed E-state index contributed by atoms with van der Waals surface area (Å²) in [5.41, 5.74) is 0. The number of anilines is 1. The van der Waals surface area contributed by atoms with Gasteiger partial charge < -0.3 is 10.1 Å². The minimum atomic E-state index is 0.411. The second-order valence-electron chi connectivity index (χ2n) is 3.88. The van der Waals surface area contributed by atoms with Crippen LogP contribution in [0.1, 0.15) is 39.5 Å². The summed E-state index contributed by atoms with van der Waals surface area (Å²) in [4.78, 5) is 12.8. The molecule has 0 aromatic carbocycles. The van der Waals surface area contributed by atoms with Gasteiger partial charge >= 0.3 is 6.01 Å². The SMILES string of the molecule is CCCCCSc1nc(NC)nc(OCCC)n1. The third kappa shape index (κ3) is 5.53. The van der Waals surface area contributed by atoms with Crippen molar-refractivity contribution in [3.8, 4) is 6.01 Å². The molecule has 0 bridgehead atoms. The fourth-order valence-electron chi connectivity index (χ4n) is 1.29. The molecule has 5 nitrogen and oxygen atoms in total. The van der Waals surface area contributed by atoms with E-state index in [1.807, 2.05) is 0 Å². The second kappa shape index (κ2) is 8.97. The van der Waals surface area contributed by atoms with E-state index in [1.54, 1.807) is 18.8 Å². The predicted octanol–water partition coefficient (Wildman–Crippen LogP) is 2.98. The van der Waals surface area contributed by atoms with Gasteiger partial charge in [0.1, 0.15) is 0 Å². The molecule has 0 aliphatic heterocycles. The maximum absolute atomic E-state index is 5.45. The van der Waals surface area contributed by atoms with E-state index in [4.69, 9.17) is 4.74 Å². The van der Waals surface area contributed by atoms with Crippen molar-refractivity contribution in [2.45, 2.75) is 44.7 Å². The first kappa shape index (κ1) is 15.0. The van der Waals surface area contributed by atoms with Gasteiger partial charge in [-0.25, -0.2) is 0 Å². The van der Waals surface area contributed by atoms with Gasteiger partial charge in [-0.1, -0.05) is 38.5 Å². The first-order chi connectivity index (χ1) is 8.80. The van der Waals surface area contributed by atoms with Crippen molar-refractivity contribution in [2.75, 3.05) is 24.7 Å². The zero-order valence-electron chi connectivity index (χ0n) is 11.4. The number of hydrogen-bond acceptors (Lipinski definition) is 6. The number of hydrogen-bond donors (Lipinski definition) is 1.